The van der Waals surface area contributed by atoms with Gasteiger partial charge in [-0.15, -0.1) is 0 Å². The number of ether oxygens (including phenoxy) is 1. The van der Waals surface area contributed by atoms with Crippen LogP contribution in [0.3, 0.4) is 0 Å². The van der Waals surface area contributed by atoms with Crippen LogP contribution in [-0.4, -0.2) is 76.7 Å². The average molecular weight is 333 g/mol. The number of carbonyl (C=O) groups is 1. The van der Waals surface area contributed by atoms with Gasteiger partial charge in [-0.3, -0.25) is 9.69 Å². The number of benzene rings is 1. The van der Waals surface area contributed by atoms with Crippen molar-refractivity contribution in [3.63, 3.8) is 0 Å². The molecule has 130 valence electrons. The molecule has 1 amide bonds. The molecule has 0 aliphatic carbocycles. The Morgan fingerprint density at radius 1 is 1.21 bits per heavy atom. The van der Waals surface area contributed by atoms with Crippen LogP contribution in [0.4, 0.5) is 0 Å². The first-order valence-corrected chi connectivity index (χ1v) is 8.17. The van der Waals surface area contributed by atoms with E-state index in [-0.39, 0.29) is 18.1 Å². The summed E-state index contributed by atoms with van der Waals surface area (Å²) in [5.41, 5.74) is -0.0431. The molecule has 2 N–H and O–H groups in total. The van der Waals surface area contributed by atoms with Crippen molar-refractivity contribution in [2.45, 2.75) is 18.9 Å². The van der Waals surface area contributed by atoms with E-state index in [1.165, 1.54) is 11.9 Å². The molecule has 1 fully saturated rings. The van der Waals surface area contributed by atoms with Gasteiger partial charge < -0.3 is 14.9 Å². The van der Waals surface area contributed by atoms with E-state index in [9.17, 15) is 15.0 Å². The average Bonchev–Trinajstić information content (AvgIpc) is 2.57. The topological polar surface area (TPSA) is 85.6 Å². The summed E-state index contributed by atoms with van der Waals surface area (Å²) in [6.45, 7) is 5.72. The molecule has 1 aromatic rings. The first-order chi connectivity index (χ1) is 11.5. The third-order valence-corrected chi connectivity index (χ3v) is 4.38. The van der Waals surface area contributed by atoms with Gasteiger partial charge in [0.15, 0.2) is 0 Å². The number of aliphatic hydroxyl groups is 1. The quantitative estimate of drug-likeness (QED) is 0.834. The molecule has 0 saturated carbocycles. The van der Waals surface area contributed by atoms with Crippen molar-refractivity contribution in [3.8, 4) is 5.75 Å². The van der Waals surface area contributed by atoms with Crippen molar-refractivity contribution in [2.75, 3.05) is 39.4 Å². The second-order valence-electron chi connectivity index (χ2n) is 6.43. The minimum Gasteiger partial charge on any atom is -0.508 e. The summed E-state index contributed by atoms with van der Waals surface area (Å²) in [6.07, 6.45) is 0.157. The summed E-state index contributed by atoms with van der Waals surface area (Å²) in [5, 5.41) is 25.7. The fourth-order valence-electron chi connectivity index (χ4n) is 2.93. The number of hydrazone groups is 1. The molecule has 1 unspecified atom stereocenters. The smallest absolute Gasteiger partial charge is 0.274 e. The predicted octanol–water partition coefficient (Wildman–Crippen LogP) is 0.412. The number of rotatable bonds is 4. The van der Waals surface area contributed by atoms with Crippen molar-refractivity contribution in [1.29, 1.82) is 0 Å². The molecule has 0 radical (unpaired) electrons. The van der Waals surface area contributed by atoms with E-state index in [0.717, 1.165) is 18.7 Å². The van der Waals surface area contributed by atoms with Crippen LogP contribution in [-0.2, 0) is 9.53 Å². The van der Waals surface area contributed by atoms with Crippen LogP contribution >= 0.6 is 0 Å². The highest BCUT2D eigenvalue weighted by molar-refractivity contribution is 6.06. The molecule has 0 bridgehead atoms. The van der Waals surface area contributed by atoms with Crippen LogP contribution in [0.5, 0.6) is 5.75 Å². The molecular formula is C17H23N3O4. The maximum atomic E-state index is 12.4. The SMILES string of the molecule is CC1(O)CC(c2ccc(O)cc2)=NN(CCN2CCOCC2)C1=O. The Bertz CT molecular complexity index is 621. The molecule has 1 saturated heterocycles. The summed E-state index contributed by atoms with van der Waals surface area (Å²) >= 11 is 0. The van der Waals surface area contributed by atoms with E-state index in [2.05, 4.69) is 10.0 Å². The molecule has 24 heavy (non-hydrogen) atoms. The molecule has 2 heterocycles. The van der Waals surface area contributed by atoms with Crippen LogP contribution in [0, 0.1) is 0 Å². The van der Waals surface area contributed by atoms with Crippen molar-refractivity contribution in [1.82, 2.24) is 9.91 Å². The second-order valence-corrected chi connectivity index (χ2v) is 6.43. The zero-order chi connectivity index (χ0) is 17.2. The Balaban J connectivity index is 1.76. The lowest BCUT2D eigenvalue weighted by atomic mass is 9.92. The molecule has 1 aromatic carbocycles. The molecule has 0 spiro atoms. The fourth-order valence-corrected chi connectivity index (χ4v) is 2.93. The van der Waals surface area contributed by atoms with E-state index < -0.39 is 5.60 Å². The number of hydrogen-bond acceptors (Lipinski definition) is 6. The zero-order valence-corrected chi connectivity index (χ0v) is 13.8. The molecule has 7 heteroatoms. The molecule has 2 aliphatic rings. The van der Waals surface area contributed by atoms with E-state index in [1.807, 2.05) is 0 Å². The van der Waals surface area contributed by atoms with Crippen molar-refractivity contribution >= 4 is 11.6 Å². The third kappa shape index (κ3) is 3.75. The lowest BCUT2D eigenvalue weighted by Gasteiger charge is -2.35. The molecular weight excluding hydrogens is 310 g/mol. The highest BCUT2D eigenvalue weighted by Gasteiger charge is 2.40. The number of morpholine rings is 1. The predicted molar refractivity (Wildman–Crippen MR) is 88.9 cm³/mol. The van der Waals surface area contributed by atoms with Crippen LogP contribution in [0.25, 0.3) is 0 Å². The normalized spacial score (nSPS) is 25.7. The van der Waals surface area contributed by atoms with Crippen molar-refractivity contribution < 1.29 is 19.7 Å². The highest BCUT2D eigenvalue weighted by atomic mass is 16.5. The Kier molecular flexibility index (Phi) is 4.84. The Morgan fingerprint density at radius 2 is 1.88 bits per heavy atom. The summed E-state index contributed by atoms with van der Waals surface area (Å²) in [6, 6.07) is 6.61. The Hall–Kier alpha value is -1.96. The second kappa shape index (κ2) is 6.88. The molecule has 7 nitrogen and oxygen atoms in total. The standard InChI is InChI=1S/C17H23N3O4/c1-17(23)12-15(13-2-4-14(21)5-3-13)18-20(16(17)22)7-6-19-8-10-24-11-9-19/h2-5,21,23H,6-12H2,1H3. The number of phenolic OH excluding ortho intramolecular Hbond substituents is 1. The van der Waals surface area contributed by atoms with Gasteiger partial charge >= 0.3 is 0 Å². The van der Waals surface area contributed by atoms with Crippen LogP contribution in [0.15, 0.2) is 29.4 Å². The number of hydrogen-bond donors (Lipinski definition) is 2. The maximum Gasteiger partial charge on any atom is 0.274 e. The number of nitrogens with zero attached hydrogens (tertiary/aromatic N) is 3. The van der Waals surface area contributed by atoms with E-state index in [4.69, 9.17) is 4.74 Å². The summed E-state index contributed by atoms with van der Waals surface area (Å²) in [5.74, 6) is -0.208. The minimum absolute atomic E-state index is 0.157. The van der Waals surface area contributed by atoms with Gasteiger partial charge in [0.05, 0.1) is 25.5 Å². The van der Waals surface area contributed by atoms with E-state index in [0.29, 0.717) is 32.0 Å². The largest absolute Gasteiger partial charge is 0.508 e. The monoisotopic (exact) mass is 333 g/mol. The zero-order valence-electron chi connectivity index (χ0n) is 13.8. The lowest BCUT2D eigenvalue weighted by Crippen LogP contribution is -2.52. The summed E-state index contributed by atoms with van der Waals surface area (Å²) in [7, 11) is 0. The van der Waals surface area contributed by atoms with Crippen molar-refractivity contribution in [2.24, 2.45) is 5.10 Å². The fraction of sp³-hybridized carbons (Fsp3) is 0.529. The molecule has 2 aliphatic heterocycles. The first-order valence-electron chi connectivity index (χ1n) is 8.17. The van der Waals surface area contributed by atoms with Gasteiger partial charge in [-0.25, -0.2) is 5.01 Å². The summed E-state index contributed by atoms with van der Waals surface area (Å²) < 4.78 is 5.32. The van der Waals surface area contributed by atoms with Gasteiger partial charge in [0.25, 0.3) is 5.91 Å². The van der Waals surface area contributed by atoms with E-state index >= 15 is 0 Å². The van der Waals surface area contributed by atoms with Gasteiger partial charge in [-0.05, 0) is 36.8 Å². The van der Waals surface area contributed by atoms with Crippen LogP contribution in [0.2, 0.25) is 0 Å². The Morgan fingerprint density at radius 3 is 2.54 bits per heavy atom. The van der Waals surface area contributed by atoms with Crippen LogP contribution < -0.4 is 0 Å². The number of phenols is 1. The van der Waals surface area contributed by atoms with Gasteiger partial charge in [-0.2, -0.15) is 5.10 Å². The molecule has 0 aromatic heterocycles. The van der Waals surface area contributed by atoms with E-state index in [1.54, 1.807) is 24.3 Å². The Labute approximate surface area is 141 Å². The van der Waals surface area contributed by atoms with Gasteiger partial charge in [0.1, 0.15) is 11.4 Å². The highest BCUT2D eigenvalue weighted by Crippen LogP contribution is 2.24. The maximum absolute atomic E-state index is 12.4. The number of aromatic hydroxyl groups is 1. The summed E-state index contributed by atoms with van der Waals surface area (Å²) in [4.78, 5) is 14.7. The minimum atomic E-state index is -1.47. The van der Waals surface area contributed by atoms with Gasteiger partial charge in [0.2, 0.25) is 0 Å². The molecule has 1 atom stereocenters. The van der Waals surface area contributed by atoms with Crippen LogP contribution in [0.1, 0.15) is 18.9 Å². The number of carbonyl (C=O) groups excluding carboxylic acids is 1. The third-order valence-electron chi connectivity index (χ3n) is 4.38. The molecule has 3 rings (SSSR count). The number of amides is 1. The lowest BCUT2D eigenvalue weighted by molar-refractivity contribution is -0.150. The van der Waals surface area contributed by atoms with Gasteiger partial charge in [-0.1, -0.05) is 0 Å². The van der Waals surface area contributed by atoms with Gasteiger partial charge in [0, 0.05) is 26.1 Å². The van der Waals surface area contributed by atoms with Crippen molar-refractivity contribution in [3.05, 3.63) is 29.8 Å². The first kappa shape index (κ1) is 16.9.